The van der Waals surface area contributed by atoms with Gasteiger partial charge in [-0.2, -0.15) is 5.10 Å². The van der Waals surface area contributed by atoms with Gasteiger partial charge in [0.25, 0.3) is 0 Å². The van der Waals surface area contributed by atoms with Crippen molar-refractivity contribution in [2.45, 2.75) is 19.4 Å². The Morgan fingerprint density at radius 1 is 1.33 bits per heavy atom. The van der Waals surface area contributed by atoms with Crippen LogP contribution >= 0.6 is 11.6 Å². The molecular weight excluding hydrogens is 326 g/mol. The molecule has 8 heteroatoms. The summed E-state index contributed by atoms with van der Waals surface area (Å²) in [7, 11) is 1.88. The van der Waals surface area contributed by atoms with E-state index in [-0.39, 0.29) is 6.04 Å². The lowest BCUT2D eigenvalue weighted by Crippen LogP contribution is -2.46. The number of nitrogens with two attached hydrogens (primary N) is 1. The fraction of sp³-hybridized carbons (Fsp3) is 0.438. The van der Waals surface area contributed by atoms with Gasteiger partial charge in [0.2, 0.25) is 0 Å². The maximum absolute atomic E-state index is 6.48. The number of fused-ring (bicyclic) bond motifs is 1. The Morgan fingerprint density at radius 2 is 2.17 bits per heavy atom. The molecule has 2 atom stereocenters. The van der Waals surface area contributed by atoms with Crippen LogP contribution in [0.2, 0.25) is 5.15 Å². The van der Waals surface area contributed by atoms with E-state index in [0.717, 1.165) is 47.5 Å². The van der Waals surface area contributed by atoms with E-state index in [1.54, 1.807) is 17.2 Å². The van der Waals surface area contributed by atoms with Crippen LogP contribution in [0.5, 0.6) is 0 Å². The molecular formula is C16H20ClN7. The summed E-state index contributed by atoms with van der Waals surface area (Å²) >= 11 is 6.48. The van der Waals surface area contributed by atoms with Crippen LogP contribution in [0.1, 0.15) is 13.3 Å². The average molecular weight is 346 g/mol. The topological polar surface area (TPSA) is 88.7 Å². The molecule has 0 spiro atoms. The Hall–Kier alpha value is -2.12. The molecule has 0 unspecified atom stereocenters. The number of rotatable bonds is 2. The lowest BCUT2D eigenvalue weighted by Gasteiger charge is -2.35. The first-order chi connectivity index (χ1) is 11.5. The first-order valence-corrected chi connectivity index (χ1v) is 8.42. The molecule has 24 heavy (non-hydrogen) atoms. The van der Waals surface area contributed by atoms with Crippen molar-refractivity contribution in [2.24, 2.45) is 18.7 Å². The molecule has 3 aromatic heterocycles. The maximum atomic E-state index is 6.48. The highest BCUT2D eigenvalue weighted by atomic mass is 35.5. The van der Waals surface area contributed by atoms with E-state index in [2.05, 4.69) is 31.9 Å². The summed E-state index contributed by atoms with van der Waals surface area (Å²) in [6.07, 6.45) is 6.35. The van der Waals surface area contributed by atoms with Gasteiger partial charge in [-0.1, -0.05) is 18.5 Å². The van der Waals surface area contributed by atoms with Crippen LogP contribution in [0.3, 0.4) is 0 Å². The standard InChI is InChI=1S/C16H20ClN7/c1-9-3-11(18)7-24(5-9)16-13-12(10-4-21-23(2)6-10)14(17)22-15(13)19-8-20-16/h4,6,8-9,11H,3,5,7,18H2,1-2H3,(H,19,20,22)/t9-,11+/m0/s1. The van der Waals surface area contributed by atoms with Gasteiger partial charge in [-0.15, -0.1) is 0 Å². The van der Waals surface area contributed by atoms with Gasteiger partial charge in [-0.3, -0.25) is 4.68 Å². The van der Waals surface area contributed by atoms with Crippen molar-refractivity contribution >= 4 is 28.5 Å². The highest BCUT2D eigenvalue weighted by Crippen LogP contribution is 2.39. The number of piperidine rings is 1. The van der Waals surface area contributed by atoms with E-state index in [1.165, 1.54) is 0 Å². The lowest BCUT2D eigenvalue weighted by atomic mass is 9.96. The number of hydrogen-bond acceptors (Lipinski definition) is 5. The second-order valence-electron chi connectivity index (χ2n) is 6.64. The van der Waals surface area contributed by atoms with Crippen molar-refractivity contribution in [3.8, 4) is 11.1 Å². The molecule has 3 aromatic rings. The van der Waals surface area contributed by atoms with E-state index < -0.39 is 0 Å². The molecule has 7 nitrogen and oxygen atoms in total. The number of aromatic nitrogens is 5. The second kappa shape index (κ2) is 5.75. The fourth-order valence-electron chi connectivity index (χ4n) is 3.61. The maximum Gasteiger partial charge on any atom is 0.144 e. The summed E-state index contributed by atoms with van der Waals surface area (Å²) in [4.78, 5) is 14.3. The van der Waals surface area contributed by atoms with Crippen LogP contribution in [-0.2, 0) is 7.05 Å². The van der Waals surface area contributed by atoms with Gasteiger partial charge in [0, 0.05) is 43.5 Å². The highest BCUT2D eigenvalue weighted by molar-refractivity contribution is 6.35. The molecule has 1 fully saturated rings. The number of nitrogens with zero attached hydrogens (tertiary/aromatic N) is 5. The first-order valence-electron chi connectivity index (χ1n) is 8.04. The van der Waals surface area contributed by atoms with Crippen LogP contribution in [0.15, 0.2) is 18.7 Å². The monoisotopic (exact) mass is 345 g/mol. The van der Waals surface area contributed by atoms with E-state index in [1.807, 2.05) is 13.2 Å². The van der Waals surface area contributed by atoms with Crippen molar-refractivity contribution in [1.82, 2.24) is 24.7 Å². The van der Waals surface area contributed by atoms with Crippen molar-refractivity contribution in [1.29, 1.82) is 0 Å². The molecule has 4 heterocycles. The smallest absolute Gasteiger partial charge is 0.144 e. The molecule has 0 bridgehead atoms. The zero-order valence-electron chi connectivity index (χ0n) is 13.7. The number of H-pyrrole nitrogens is 1. The summed E-state index contributed by atoms with van der Waals surface area (Å²) in [5.41, 5.74) is 8.79. The molecule has 126 valence electrons. The third-order valence-corrected chi connectivity index (χ3v) is 4.79. The number of nitrogens with one attached hydrogen (secondary N) is 1. The Bertz CT molecular complexity index is 874. The Kier molecular flexibility index (Phi) is 3.69. The number of hydrogen-bond donors (Lipinski definition) is 2. The average Bonchev–Trinajstić information content (AvgIpc) is 3.08. The predicted octanol–water partition coefficient (Wildman–Crippen LogP) is 2.19. The van der Waals surface area contributed by atoms with Gasteiger partial charge in [0.1, 0.15) is 22.9 Å². The van der Waals surface area contributed by atoms with Gasteiger partial charge in [0.05, 0.1) is 11.6 Å². The minimum atomic E-state index is 0.148. The van der Waals surface area contributed by atoms with Crippen LogP contribution in [0, 0.1) is 5.92 Å². The Labute approximate surface area is 144 Å². The second-order valence-corrected chi connectivity index (χ2v) is 7.02. The molecule has 0 saturated carbocycles. The first kappa shape index (κ1) is 15.4. The minimum Gasteiger partial charge on any atom is -0.354 e. The van der Waals surface area contributed by atoms with E-state index in [9.17, 15) is 0 Å². The minimum absolute atomic E-state index is 0.148. The lowest BCUT2D eigenvalue weighted by molar-refractivity contribution is 0.400. The number of aryl methyl sites for hydroxylation is 1. The van der Waals surface area contributed by atoms with E-state index in [4.69, 9.17) is 17.3 Å². The molecule has 4 rings (SSSR count). The van der Waals surface area contributed by atoms with Gasteiger partial charge in [-0.05, 0) is 12.3 Å². The Balaban J connectivity index is 1.90. The fourth-order valence-corrected chi connectivity index (χ4v) is 3.90. The molecule has 0 radical (unpaired) electrons. The molecule has 0 aliphatic carbocycles. The zero-order chi connectivity index (χ0) is 16.8. The van der Waals surface area contributed by atoms with Gasteiger partial charge < -0.3 is 15.6 Å². The number of aromatic amines is 1. The molecule has 0 aromatic carbocycles. The largest absolute Gasteiger partial charge is 0.354 e. The van der Waals surface area contributed by atoms with Crippen molar-refractivity contribution < 1.29 is 0 Å². The van der Waals surface area contributed by atoms with Crippen molar-refractivity contribution in [2.75, 3.05) is 18.0 Å². The SMILES string of the molecule is C[C@H]1C[C@@H](N)CN(c2ncnc3[nH]c(Cl)c(-c4cnn(C)c4)c23)C1. The summed E-state index contributed by atoms with van der Waals surface area (Å²) in [5.74, 6) is 1.40. The van der Waals surface area contributed by atoms with Crippen LogP contribution in [0.4, 0.5) is 5.82 Å². The number of anilines is 1. The molecule has 0 amide bonds. The van der Waals surface area contributed by atoms with Gasteiger partial charge >= 0.3 is 0 Å². The summed E-state index contributed by atoms with van der Waals surface area (Å²) < 4.78 is 1.76. The van der Waals surface area contributed by atoms with E-state index in [0.29, 0.717) is 11.1 Å². The van der Waals surface area contributed by atoms with Crippen molar-refractivity contribution in [3.63, 3.8) is 0 Å². The predicted molar refractivity (Wildman–Crippen MR) is 95.1 cm³/mol. The third kappa shape index (κ3) is 2.53. The summed E-state index contributed by atoms with van der Waals surface area (Å²) in [6.45, 7) is 3.93. The van der Waals surface area contributed by atoms with Crippen molar-refractivity contribution in [3.05, 3.63) is 23.9 Å². The zero-order valence-corrected chi connectivity index (χ0v) is 14.5. The summed E-state index contributed by atoms with van der Waals surface area (Å²) in [6, 6.07) is 0.148. The van der Waals surface area contributed by atoms with E-state index >= 15 is 0 Å². The molecule has 1 aliphatic heterocycles. The highest BCUT2D eigenvalue weighted by Gasteiger charge is 2.27. The van der Waals surface area contributed by atoms with Gasteiger partial charge in [-0.25, -0.2) is 9.97 Å². The van der Waals surface area contributed by atoms with Crippen LogP contribution < -0.4 is 10.6 Å². The van der Waals surface area contributed by atoms with Gasteiger partial charge in [0.15, 0.2) is 0 Å². The van der Waals surface area contributed by atoms with Crippen LogP contribution in [-0.4, -0.2) is 43.9 Å². The summed E-state index contributed by atoms with van der Waals surface area (Å²) in [5, 5.41) is 5.73. The third-order valence-electron chi connectivity index (χ3n) is 4.51. The normalized spacial score (nSPS) is 21.6. The van der Waals surface area contributed by atoms with Crippen LogP contribution in [0.25, 0.3) is 22.2 Å². The molecule has 3 N–H and O–H groups in total. The number of halogens is 1. The molecule has 1 saturated heterocycles. The molecule has 1 aliphatic rings. The Morgan fingerprint density at radius 3 is 2.88 bits per heavy atom. The quantitative estimate of drug-likeness (QED) is 0.743.